The van der Waals surface area contributed by atoms with Gasteiger partial charge in [0.25, 0.3) is 0 Å². The summed E-state index contributed by atoms with van der Waals surface area (Å²) in [4.78, 5) is 65.8. The van der Waals surface area contributed by atoms with Gasteiger partial charge in [0.15, 0.2) is 5.89 Å². The summed E-state index contributed by atoms with van der Waals surface area (Å²) in [6.07, 6.45) is 45.5. The molecule has 20 rings (SSSR count). The smallest absolute Gasteiger partial charge is 0.191 e. The van der Waals surface area contributed by atoms with E-state index < -0.39 is 0 Å². The van der Waals surface area contributed by atoms with Gasteiger partial charge < -0.3 is 46.6 Å². The molecule has 12 heterocycles. The van der Waals surface area contributed by atoms with Gasteiger partial charge in [-0.1, -0.05) is 105 Å². The third-order valence-electron chi connectivity index (χ3n) is 32.2. The molecule has 0 spiro atoms. The number of aryl methyl sites for hydroxylation is 8. The van der Waals surface area contributed by atoms with Crippen molar-refractivity contribution in [3.63, 3.8) is 0 Å². The summed E-state index contributed by atoms with van der Waals surface area (Å²) in [6.45, 7) is 26.5. The molecule has 25 heteroatoms. The molecule has 8 atom stereocenters. The normalized spacial score (nSPS) is 30.5. The van der Waals surface area contributed by atoms with Gasteiger partial charge >= 0.3 is 0 Å². The number of hydrogen-bond donors (Lipinski definition) is 0. The fourth-order valence-electron chi connectivity index (χ4n) is 24.2. The maximum atomic E-state index is 12.4. The van der Waals surface area contributed by atoms with E-state index in [4.69, 9.17) is 27.0 Å². The van der Waals surface area contributed by atoms with Crippen molar-refractivity contribution in [3.8, 4) is 0 Å². The zero-order valence-corrected chi connectivity index (χ0v) is 75.9. The minimum absolute atomic E-state index is 0.289. The Morgan fingerprint density at radius 3 is 1.00 bits per heavy atom. The highest BCUT2D eigenvalue weighted by Crippen LogP contribution is 2.62. The van der Waals surface area contributed by atoms with Crippen LogP contribution >= 0.6 is 0 Å². The van der Waals surface area contributed by atoms with Gasteiger partial charge in [0, 0.05) is 189 Å². The molecule has 8 saturated carbocycles. The van der Waals surface area contributed by atoms with Crippen LogP contribution in [0.25, 0.3) is 0 Å². The number of carbonyl (C=O) groups excluding carboxylic acids is 4. The molecule has 8 aromatic rings. The lowest BCUT2D eigenvalue weighted by Crippen LogP contribution is -2.29. The van der Waals surface area contributed by atoms with Crippen LogP contribution in [-0.4, -0.2) is 177 Å². The molecule has 8 aromatic heterocycles. The number of Topliss-reactive ketones (excluding diaryl/α,β-unsaturated/α-hetero) is 4. The van der Waals surface area contributed by atoms with Crippen molar-refractivity contribution in [2.75, 3.05) is 78.5 Å². The minimum Gasteiger partial charge on any atom is -0.446 e. The molecule has 4 aliphatic heterocycles. The zero-order chi connectivity index (χ0) is 85.7. The molecule has 25 nitrogen and oxygen atoms in total. The predicted octanol–water partition coefficient (Wildman–Crippen LogP) is 16.3. The molecule has 4 saturated heterocycles. The first-order chi connectivity index (χ1) is 60.1. The fourth-order valence-corrected chi connectivity index (χ4v) is 24.2. The second-order valence-corrected chi connectivity index (χ2v) is 41.3. The van der Waals surface area contributed by atoms with E-state index in [2.05, 4.69) is 118 Å². The van der Waals surface area contributed by atoms with Crippen molar-refractivity contribution in [1.29, 1.82) is 0 Å². The van der Waals surface area contributed by atoms with Gasteiger partial charge in [-0.2, -0.15) is 20.1 Å². The van der Waals surface area contributed by atoms with E-state index in [1.54, 1.807) is 24.1 Å². The summed E-state index contributed by atoms with van der Waals surface area (Å²) in [5.41, 5.74) is 8.63. The second-order valence-electron chi connectivity index (χ2n) is 41.3. The van der Waals surface area contributed by atoms with Gasteiger partial charge in [-0.3, -0.25) is 23.9 Å². The molecule has 124 heavy (non-hydrogen) atoms. The Balaban J connectivity index is 0.000000117. The number of carbonyl (C=O) groups is 4. The van der Waals surface area contributed by atoms with Gasteiger partial charge in [-0.25, -0.2) is 4.98 Å². The van der Waals surface area contributed by atoms with Gasteiger partial charge in [-0.05, 0) is 212 Å². The van der Waals surface area contributed by atoms with Gasteiger partial charge in [0.2, 0.25) is 0 Å². The highest BCUT2D eigenvalue weighted by molar-refractivity contribution is 5.82. The molecule has 0 aromatic carbocycles. The summed E-state index contributed by atoms with van der Waals surface area (Å²) in [7, 11) is 3.69. The first-order valence-corrected chi connectivity index (χ1v) is 48.6. The third-order valence-corrected chi connectivity index (χ3v) is 32.2. The highest BCUT2D eigenvalue weighted by atomic mass is 16.5. The Morgan fingerprint density at radius 2 is 0.710 bits per heavy atom. The van der Waals surface area contributed by atoms with E-state index >= 15 is 0 Å². The average molecular weight is 1700 g/mol. The third kappa shape index (κ3) is 21.6. The van der Waals surface area contributed by atoms with Crippen molar-refractivity contribution in [1.82, 2.24) is 75.1 Å². The first kappa shape index (κ1) is 88.2. The molecule has 672 valence electrons. The number of hydrogen-bond acceptors (Lipinski definition) is 23. The van der Waals surface area contributed by atoms with Crippen LogP contribution in [-0.2, 0) is 106 Å². The van der Waals surface area contributed by atoms with Crippen LogP contribution in [0.2, 0.25) is 0 Å². The van der Waals surface area contributed by atoms with Crippen LogP contribution in [0.4, 0.5) is 0 Å². The van der Waals surface area contributed by atoms with Crippen LogP contribution in [0.5, 0.6) is 0 Å². The lowest BCUT2D eigenvalue weighted by molar-refractivity contribution is -0.120. The molecule has 0 amide bonds. The highest BCUT2D eigenvalue weighted by Gasteiger charge is 2.65. The molecular weight excluding hydrogens is 1560 g/mol. The number of fused-ring (bicyclic) bond motifs is 4. The van der Waals surface area contributed by atoms with Crippen molar-refractivity contribution >= 4 is 23.1 Å². The number of aromatic nitrogens is 11. The Morgan fingerprint density at radius 1 is 0.379 bits per heavy atom. The fraction of sp³-hybridized carbons (Fsp3) is 0.727. The van der Waals surface area contributed by atoms with E-state index in [0.717, 1.165) is 146 Å². The minimum atomic E-state index is 0.289. The van der Waals surface area contributed by atoms with Crippen molar-refractivity contribution in [2.45, 2.75) is 294 Å². The summed E-state index contributed by atoms with van der Waals surface area (Å²) in [6, 6.07) is 10.6. The van der Waals surface area contributed by atoms with Crippen LogP contribution in [0.3, 0.4) is 0 Å². The summed E-state index contributed by atoms with van der Waals surface area (Å²) in [5, 5.41) is 33.9. The lowest BCUT2D eigenvalue weighted by Gasteiger charge is -2.30. The monoisotopic (exact) mass is 1700 g/mol. The summed E-state index contributed by atoms with van der Waals surface area (Å²) < 4.78 is 34.3. The molecule has 0 N–H and O–H groups in total. The van der Waals surface area contributed by atoms with Crippen LogP contribution in [0.1, 0.15) is 288 Å². The summed E-state index contributed by atoms with van der Waals surface area (Å²) in [5.74, 6) is 16.0. The number of nitrogens with zero attached hydrogens (tertiary/aromatic N) is 15. The summed E-state index contributed by atoms with van der Waals surface area (Å²) >= 11 is 0. The Kier molecular flexibility index (Phi) is 27.7. The van der Waals surface area contributed by atoms with Gasteiger partial charge in [-0.15, -0.1) is 0 Å². The number of rotatable bonds is 36. The Labute approximate surface area is 733 Å². The molecule has 8 aliphatic carbocycles. The number of oxazole rings is 1. The topological polar surface area (TPSA) is 286 Å². The van der Waals surface area contributed by atoms with Crippen LogP contribution < -0.4 is 0 Å². The first-order valence-electron chi connectivity index (χ1n) is 48.6. The standard InChI is InChI=1S/C25H36N4O2.2C25H35N3O3.C24H35N5O2/c1-3-23-12-24(27-31-23)25-13-21(25)16-29(17-25)9-8-18-4-6-19(7-5-18)10-22(30)11-20-14-26-28(2)15-20;1-3-22-12-24(27-31-22)25-13-20(25)15-28(16-25)9-8-18-4-6-19(7-5-18)10-21(29)11-23-14-26-17(2)30-23;1-3-22-13-24(27-30-22)25-14-20(25)15-28(16-25)9-8-18-4-6-19(7-5-18)11-21(29)12-23-10-17(2)26-31-23;1-3-22-12-23(27-31-22)24-13-19(24)15-29(16-24)9-8-17-4-6-18(7-5-17)10-21(30)11-20-14-25-28(2)26-20/h12,14-15,18-19,21H,3-11,13,16-17H2,1-2H3;12,14,18-20H,3-11,13,15-16H2,1-2H3;10,13,18-20H,3-9,11-12,14-16H2,1-2H3;12,14,17-19H,3-11,13,15-16H2,1-2H3/t18?,19?,21-,25-;2*18?,19?,20-,25-;17?,18?,19-,24-/m0000/s1. The van der Waals surface area contributed by atoms with E-state index in [-0.39, 0.29) is 16.2 Å². The molecule has 12 fully saturated rings. The average Bonchev–Trinajstić information content (AvgIpc) is 1.56. The van der Waals surface area contributed by atoms with Crippen molar-refractivity contribution in [2.24, 2.45) is 85.1 Å². The Bertz CT molecular complexity index is 4240. The van der Waals surface area contributed by atoms with E-state index in [0.29, 0.717) is 115 Å². The molecular formula is C99H141N15O10. The number of ketones is 4. The number of piperidine rings is 4. The zero-order valence-electron chi connectivity index (χ0n) is 75.9. The molecule has 0 unspecified atom stereocenters. The molecule has 12 aliphatic rings. The maximum absolute atomic E-state index is 12.4. The Hall–Kier alpha value is -7.87. The lowest BCUT2D eigenvalue weighted by atomic mass is 9.78. The van der Waals surface area contributed by atoms with Crippen LogP contribution in [0.15, 0.2) is 82.2 Å². The molecule has 0 radical (unpaired) electrons. The van der Waals surface area contributed by atoms with E-state index in [1.165, 1.54) is 234 Å². The number of likely N-dealkylation sites (tertiary alicyclic amines) is 4. The van der Waals surface area contributed by atoms with Crippen LogP contribution in [0, 0.1) is 84.9 Å². The SMILES string of the molecule is CCc1cc([C@]23C[C@H]2CN(CCC2CCC(CC(=O)Cc4cc(C)no4)CC2)C3)no1.CCc1cc([C@]23C[C@H]2CN(CCC2CCC(CC(=O)Cc4cnc(C)o4)CC2)C3)no1.CCc1cc([C@]23C[C@H]2CN(CCC2CCC(CC(=O)Cc4cnn(C)c4)CC2)C3)no1.CCc1cc([C@]23C[C@H]2CN(CCC2CCC(CC(=O)Cc4cnn(C)n4)CC2)C3)no1. The predicted molar refractivity (Wildman–Crippen MR) is 469 cm³/mol. The van der Waals surface area contributed by atoms with Gasteiger partial charge in [0.05, 0.1) is 72.0 Å². The quantitative estimate of drug-likeness (QED) is 0.0352. The van der Waals surface area contributed by atoms with Crippen molar-refractivity contribution in [3.05, 3.63) is 135 Å². The molecule has 0 bridgehead atoms. The van der Waals surface area contributed by atoms with Gasteiger partial charge in [0.1, 0.15) is 57.7 Å². The van der Waals surface area contributed by atoms with Crippen molar-refractivity contribution < 1.29 is 46.2 Å². The largest absolute Gasteiger partial charge is 0.446 e. The van der Waals surface area contributed by atoms with E-state index in [9.17, 15) is 19.2 Å². The van der Waals surface area contributed by atoms with E-state index in [1.807, 2.05) is 39.4 Å². The second kappa shape index (κ2) is 39.0. The maximum Gasteiger partial charge on any atom is 0.191 e.